The fraction of sp³-hybridized carbons (Fsp3) is 0.154. The SMILES string of the molecule is Cc1cc(F)cc(C(=O)Cc2ccco2)c1. The molecule has 0 bridgehead atoms. The van der Waals surface area contributed by atoms with Gasteiger partial charge in [-0.3, -0.25) is 4.79 Å². The standard InChI is InChI=1S/C13H11FO2/c1-9-5-10(7-11(14)6-9)13(15)8-12-3-2-4-16-12/h2-7H,8H2,1H3. The van der Waals surface area contributed by atoms with Gasteiger partial charge in [0.1, 0.15) is 11.6 Å². The molecule has 82 valence electrons. The van der Waals surface area contributed by atoms with Gasteiger partial charge in [-0.05, 0) is 42.8 Å². The Labute approximate surface area is 92.7 Å². The van der Waals surface area contributed by atoms with Crippen LogP contribution >= 0.6 is 0 Å². The molecule has 2 aromatic rings. The second kappa shape index (κ2) is 4.31. The zero-order valence-electron chi connectivity index (χ0n) is 8.87. The number of halogens is 1. The van der Waals surface area contributed by atoms with Crippen molar-refractivity contribution in [1.82, 2.24) is 0 Å². The highest BCUT2D eigenvalue weighted by Gasteiger charge is 2.10. The van der Waals surface area contributed by atoms with Gasteiger partial charge < -0.3 is 4.42 Å². The molecule has 0 amide bonds. The summed E-state index contributed by atoms with van der Waals surface area (Å²) in [5.41, 5.74) is 1.12. The molecule has 0 spiro atoms. The molecule has 0 saturated heterocycles. The lowest BCUT2D eigenvalue weighted by Crippen LogP contribution is -2.03. The predicted molar refractivity (Wildman–Crippen MR) is 57.9 cm³/mol. The van der Waals surface area contributed by atoms with E-state index in [1.165, 1.54) is 18.4 Å². The molecule has 0 fully saturated rings. The third-order valence-electron chi connectivity index (χ3n) is 2.28. The van der Waals surface area contributed by atoms with E-state index in [-0.39, 0.29) is 18.0 Å². The monoisotopic (exact) mass is 218 g/mol. The first kappa shape index (κ1) is 10.6. The van der Waals surface area contributed by atoms with Crippen molar-refractivity contribution < 1.29 is 13.6 Å². The second-order valence-electron chi connectivity index (χ2n) is 3.70. The van der Waals surface area contributed by atoms with Crippen LogP contribution in [0, 0.1) is 12.7 Å². The summed E-state index contributed by atoms with van der Waals surface area (Å²) in [5, 5.41) is 0. The topological polar surface area (TPSA) is 30.2 Å². The summed E-state index contributed by atoms with van der Waals surface area (Å²) in [5.74, 6) is 0.0623. The molecule has 0 atom stereocenters. The van der Waals surface area contributed by atoms with Crippen LogP contribution in [0.3, 0.4) is 0 Å². The first-order valence-electron chi connectivity index (χ1n) is 4.98. The van der Waals surface area contributed by atoms with Crippen molar-refractivity contribution in [3.63, 3.8) is 0 Å². The van der Waals surface area contributed by atoms with Crippen LogP contribution in [0.5, 0.6) is 0 Å². The molecule has 0 radical (unpaired) electrons. The molecule has 0 aliphatic rings. The van der Waals surface area contributed by atoms with Gasteiger partial charge in [-0.1, -0.05) is 0 Å². The smallest absolute Gasteiger partial charge is 0.170 e. The zero-order chi connectivity index (χ0) is 11.5. The van der Waals surface area contributed by atoms with Crippen molar-refractivity contribution in [2.24, 2.45) is 0 Å². The van der Waals surface area contributed by atoms with Gasteiger partial charge in [0.25, 0.3) is 0 Å². The molecule has 16 heavy (non-hydrogen) atoms. The van der Waals surface area contributed by atoms with E-state index in [0.29, 0.717) is 11.3 Å². The number of carbonyl (C=O) groups is 1. The quantitative estimate of drug-likeness (QED) is 0.741. The summed E-state index contributed by atoms with van der Waals surface area (Å²) in [6, 6.07) is 7.76. The van der Waals surface area contributed by atoms with Crippen molar-refractivity contribution in [3.8, 4) is 0 Å². The molecule has 1 heterocycles. The first-order valence-corrected chi connectivity index (χ1v) is 4.98. The lowest BCUT2D eigenvalue weighted by molar-refractivity contribution is 0.0986. The Morgan fingerprint density at radius 1 is 1.38 bits per heavy atom. The Kier molecular flexibility index (Phi) is 2.86. The van der Waals surface area contributed by atoms with Gasteiger partial charge in [-0.2, -0.15) is 0 Å². The van der Waals surface area contributed by atoms with Crippen LogP contribution in [0.25, 0.3) is 0 Å². The predicted octanol–water partition coefficient (Wildman–Crippen LogP) is 3.15. The maximum atomic E-state index is 13.1. The van der Waals surface area contributed by atoms with Crippen LogP contribution in [0.2, 0.25) is 0 Å². The number of carbonyl (C=O) groups excluding carboxylic acids is 1. The van der Waals surface area contributed by atoms with E-state index in [4.69, 9.17) is 4.42 Å². The zero-order valence-corrected chi connectivity index (χ0v) is 8.87. The molecule has 0 aliphatic heterocycles. The fourth-order valence-electron chi connectivity index (χ4n) is 1.57. The lowest BCUT2D eigenvalue weighted by atomic mass is 10.0. The summed E-state index contributed by atoms with van der Waals surface area (Å²) < 4.78 is 18.2. The minimum absolute atomic E-state index is 0.141. The number of Topliss-reactive ketones (excluding diaryl/α,β-unsaturated/α-hetero) is 1. The summed E-state index contributed by atoms with van der Waals surface area (Å²) in [6.07, 6.45) is 1.68. The minimum Gasteiger partial charge on any atom is -0.469 e. The number of hydrogen-bond acceptors (Lipinski definition) is 2. The third kappa shape index (κ3) is 2.37. The molecule has 0 aliphatic carbocycles. The summed E-state index contributed by atoms with van der Waals surface area (Å²) in [6.45, 7) is 1.76. The van der Waals surface area contributed by atoms with Crippen molar-refractivity contribution in [1.29, 1.82) is 0 Å². The normalized spacial score (nSPS) is 10.4. The Bertz CT molecular complexity index is 480. The highest BCUT2D eigenvalue weighted by molar-refractivity contribution is 5.97. The molecule has 2 rings (SSSR count). The Hall–Kier alpha value is -1.90. The number of benzene rings is 1. The van der Waals surface area contributed by atoms with E-state index in [9.17, 15) is 9.18 Å². The van der Waals surface area contributed by atoms with Gasteiger partial charge >= 0.3 is 0 Å². The van der Waals surface area contributed by atoms with E-state index in [0.717, 1.165) is 5.56 Å². The second-order valence-corrected chi connectivity index (χ2v) is 3.70. The highest BCUT2D eigenvalue weighted by Crippen LogP contribution is 2.12. The van der Waals surface area contributed by atoms with Crippen LogP contribution in [-0.2, 0) is 6.42 Å². The molecule has 1 aromatic heterocycles. The molecule has 2 nitrogen and oxygen atoms in total. The summed E-state index contributed by atoms with van der Waals surface area (Å²) in [7, 11) is 0. The Balaban J connectivity index is 2.21. The maximum Gasteiger partial charge on any atom is 0.170 e. The molecule has 0 saturated carbocycles. The van der Waals surface area contributed by atoms with Gasteiger partial charge in [0, 0.05) is 5.56 Å². The van der Waals surface area contributed by atoms with Gasteiger partial charge in [-0.25, -0.2) is 4.39 Å². The molecule has 0 N–H and O–H groups in total. The van der Waals surface area contributed by atoms with Gasteiger partial charge in [0.05, 0.1) is 12.7 Å². The number of furan rings is 1. The fourth-order valence-corrected chi connectivity index (χ4v) is 1.57. The molecule has 0 unspecified atom stereocenters. The van der Waals surface area contributed by atoms with Crippen molar-refractivity contribution >= 4 is 5.78 Å². The van der Waals surface area contributed by atoms with Gasteiger partial charge in [0.2, 0.25) is 0 Å². The first-order chi connectivity index (χ1) is 7.65. The molecule has 3 heteroatoms. The van der Waals surface area contributed by atoms with Crippen molar-refractivity contribution in [3.05, 3.63) is 59.3 Å². The van der Waals surface area contributed by atoms with Crippen LogP contribution < -0.4 is 0 Å². The van der Waals surface area contributed by atoms with Gasteiger partial charge in [-0.15, -0.1) is 0 Å². The van der Waals surface area contributed by atoms with E-state index in [1.54, 1.807) is 25.1 Å². The summed E-state index contributed by atoms with van der Waals surface area (Å²) in [4.78, 5) is 11.8. The Morgan fingerprint density at radius 2 is 2.19 bits per heavy atom. The highest BCUT2D eigenvalue weighted by atomic mass is 19.1. The number of ketones is 1. The number of aryl methyl sites for hydroxylation is 1. The average molecular weight is 218 g/mol. The number of rotatable bonds is 3. The molecular weight excluding hydrogens is 207 g/mol. The lowest BCUT2D eigenvalue weighted by Gasteiger charge is -2.01. The Morgan fingerprint density at radius 3 is 2.81 bits per heavy atom. The van der Waals surface area contributed by atoms with Crippen molar-refractivity contribution in [2.75, 3.05) is 0 Å². The van der Waals surface area contributed by atoms with Crippen LogP contribution in [0.1, 0.15) is 21.7 Å². The maximum absolute atomic E-state index is 13.1. The third-order valence-corrected chi connectivity index (χ3v) is 2.28. The minimum atomic E-state index is -0.386. The van der Waals surface area contributed by atoms with Crippen LogP contribution in [0.4, 0.5) is 4.39 Å². The van der Waals surface area contributed by atoms with E-state index < -0.39 is 0 Å². The van der Waals surface area contributed by atoms with E-state index in [2.05, 4.69) is 0 Å². The summed E-state index contributed by atoms with van der Waals surface area (Å²) >= 11 is 0. The van der Waals surface area contributed by atoms with E-state index in [1.807, 2.05) is 0 Å². The van der Waals surface area contributed by atoms with Crippen LogP contribution in [-0.4, -0.2) is 5.78 Å². The largest absolute Gasteiger partial charge is 0.469 e. The molecule has 1 aromatic carbocycles. The average Bonchev–Trinajstić information content (AvgIpc) is 2.68. The van der Waals surface area contributed by atoms with Crippen molar-refractivity contribution in [2.45, 2.75) is 13.3 Å². The van der Waals surface area contributed by atoms with Crippen LogP contribution in [0.15, 0.2) is 41.0 Å². The molecular formula is C13H11FO2. The van der Waals surface area contributed by atoms with Gasteiger partial charge in [0.15, 0.2) is 5.78 Å². The number of hydrogen-bond donors (Lipinski definition) is 0. The van der Waals surface area contributed by atoms with E-state index >= 15 is 0 Å².